The summed E-state index contributed by atoms with van der Waals surface area (Å²) in [5, 5.41) is 25.7. The molecule has 0 atom stereocenters. The number of benzene rings is 2. The first-order valence-electron chi connectivity index (χ1n) is 13.4. The molecule has 0 unspecified atom stereocenters. The highest BCUT2D eigenvalue weighted by molar-refractivity contribution is 5.44. The minimum atomic E-state index is 0.0173. The van der Waals surface area contributed by atoms with Gasteiger partial charge in [-0.05, 0) is 48.5 Å². The summed E-state index contributed by atoms with van der Waals surface area (Å²) < 4.78 is 43.2. The Balaban J connectivity index is 1.50. The fourth-order valence-electron chi connectivity index (χ4n) is 2.98. The molecule has 0 amide bonds. The van der Waals surface area contributed by atoms with Crippen LogP contribution < -0.4 is 9.47 Å². The van der Waals surface area contributed by atoms with Crippen LogP contribution in [0.1, 0.15) is 0 Å². The van der Waals surface area contributed by atoms with E-state index < -0.39 is 0 Å². The Kier molecular flexibility index (Phi) is 20.2. The Bertz CT molecular complexity index is 797. The van der Waals surface area contributed by atoms with Gasteiger partial charge in [0.2, 0.25) is 0 Å². The predicted molar refractivity (Wildman–Crippen MR) is 147 cm³/mol. The number of aliphatic hydroxyl groups excluding tert-OH is 2. The number of aliphatic hydroxyl groups is 2. The van der Waals surface area contributed by atoms with Gasteiger partial charge < -0.3 is 48.1 Å². The molecule has 12 heteroatoms. The van der Waals surface area contributed by atoms with E-state index in [1.807, 2.05) is 48.5 Å². The van der Waals surface area contributed by atoms with Gasteiger partial charge in [-0.1, -0.05) is 0 Å². The third kappa shape index (κ3) is 17.8. The summed E-state index contributed by atoms with van der Waals surface area (Å²) in [4.78, 5) is 0. The number of azo groups is 1. The summed E-state index contributed by atoms with van der Waals surface area (Å²) in [5.74, 6) is 1.45. The van der Waals surface area contributed by atoms with Crippen LogP contribution in [0.5, 0.6) is 11.5 Å². The molecule has 0 saturated heterocycles. The van der Waals surface area contributed by atoms with E-state index in [2.05, 4.69) is 10.2 Å². The van der Waals surface area contributed by atoms with Gasteiger partial charge in [-0.15, -0.1) is 0 Å². The molecule has 2 N–H and O–H groups in total. The quantitative estimate of drug-likeness (QED) is 0.129. The molecule has 0 heterocycles. The molecule has 0 radical (unpaired) electrons. The van der Waals surface area contributed by atoms with Gasteiger partial charge in [0.25, 0.3) is 0 Å². The second-order valence-corrected chi connectivity index (χ2v) is 8.01. The van der Waals surface area contributed by atoms with Crippen LogP contribution in [0.3, 0.4) is 0 Å². The van der Waals surface area contributed by atoms with Crippen molar-refractivity contribution in [2.75, 3.05) is 106 Å². The van der Waals surface area contributed by atoms with E-state index >= 15 is 0 Å². The Morgan fingerprint density at radius 1 is 0.375 bits per heavy atom. The molecule has 2 aromatic carbocycles. The largest absolute Gasteiger partial charge is 0.491 e. The zero-order valence-electron chi connectivity index (χ0n) is 23.0. The molecule has 40 heavy (non-hydrogen) atoms. The van der Waals surface area contributed by atoms with Crippen LogP contribution in [0.2, 0.25) is 0 Å². The van der Waals surface area contributed by atoms with Crippen LogP contribution in [0.4, 0.5) is 11.4 Å². The number of nitrogens with zero attached hydrogens (tertiary/aromatic N) is 2. The molecule has 0 aromatic heterocycles. The van der Waals surface area contributed by atoms with Crippen molar-refractivity contribution in [2.24, 2.45) is 10.2 Å². The second kappa shape index (κ2) is 24.1. The fraction of sp³-hybridized carbons (Fsp3) is 0.571. The third-order valence-electron chi connectivity index (χ3n) is 4.91. The summed E-state index contributed by atoms with van der Waals surface area (Å²) in [7, 11) is 0. The summed E-state index contributed by atoms with van der Waals surface area (Å²) in [6.45, 7) is 6.24. The molecule has 0 aliphatic heterocycles. The van der Waals surface area contributed by atoms with E-state index in [1.165, 1.54) is 0 Å². The zero-order chi connectivity index (χ0) is 28.4. The molecule has 2 rings (SSSR count). The van der Waals surface area contributed by atoms with Crippen molar-refractivity contribution in [3.63, 3.8) is 0 Å². The van der Waals surface area contributed by atoms with E-state index in [9.17, 15) is 0 Å². The lowest BCUT2D eigenvalue weighted by atomic mass is 10.3. The molecule has 12 nitrogen and oxygen atoms in total. The molecular formula is C28H42N2O10. The van der Waals surface area contributed by atoms with Gasteiger partial charge in [-0.3, -0.25) is 0 Å². The average molecular weight is 567 g/mol. The molecule has 0 aliphatic carbocycles. The maximum absolute atomic E-state index is 8.60. The van der Waals surface area contributed by atoms with E-state index in [0.29, 0.717) is 104 Å². The molecule has 0 fully saturated rings. The van der Waals surface area contributed by atoms with Crippen LogP contribution in [0, 0.1) is 0 Å². The Morgan fingerprint density at radius 2 is 0.650 bits per heavy atom. The molecule has 0 saturated carbocycles. The molecule has 2 aromatic rings. The van der Waals surface area contributed by atoms with Gasteiger partial charge in [0.1, 0.15) is 24.7 Å². The molecule has 224 valence electrons. The van der Waals surface area contributed by atoms with Gasteiger partial charge in [-0.25, -0.2) is 0 Å². The highest BCUT2D eigenvalue weighted by atomic mass is 16.6. The van der Waals surface area contributed by atoms with Gasteiger partial charge in [0.05, 0.1) is 104 Å². The van der Waals surface area contributed by atoms with E-state index in [-0.39, 0.29) is 13.2 Å². The van der Waals surface area contributed by atoms with E-state index in [1.54, 1.807) is 0 Å². The highest BCUT2D eigenvalue weighted by Crippen LogP contribution is 2.23. The van der Waals surface area contributed by atoms with E-state index in [4.69, 9.17) is 48.1 Å². The van der Waals surface area contributed by atoms with Crippen molar-refractivity contribution in [1.82, 2.24) is 0 Å². The van der Waals surface area contributed by atoms with Crippen LogP contribution in [-0.4, -0.2) is 116 Å². The fourth-order valence-corrected chi connectivity index (χ4v) is 2.98. The number of ether oxygens (including phenoxy) is 8. The predicted octanol–water partition coefficient (Wildman–Crippen LogP) is 2.94. The summed E-state index contributed by atoms with van der Waals surface area (Å²) >= 11 is 0. The number of rotatable bonds is 26. The van der Waals surface area contributed by atoms with Crippen molar-refractivity contribution < 1.29 is 48.1 Å². The van der Waals surface area contributed by atoms with Crippen molar-refractivity contribution in [1.29, 1.82) is 0 Å². The maximum atomic E-state index is 8.60. The third-order valence-corrected chi connectivity index (χ3v) is 4.91. The van der Waals surface area contributed by atoms with E-state index in [0.717, 1.165) is 11.5 Å². The first-order valence-corrected chi connectivity index (χ1v) is 13.4. The average Bonchev–Trinajstić information content (AvgIpc) is 2.99. The Hall–Kier alpha value is -2.68. The van der Waals surface area contributed by atoms with Crippen molar-refractivity contribution in [3.05, 3.63) is 48.5 Å². The normalized spacial score (nSPS) is 11.3. The molecule has 0 bridgehead atoms. The maximum Gasteiger partial charge on any atom is 0.119 e. The van der Waals surface area contributed by atoms with Crippen molar-refractivity contribution in [3.8, 4) is 11.5 Å². The smallest absolute Gasteiger partial charge is 0.119 e. The Labute approximate surface area is 235 Å². The number of hydrogen-bond donors (Lipinski definition) is 2. The lowest BCUT2D eigenvalue weighted by molar-refractivity contribution is 0.00361. The van der Waals surface area contributed by atoms with Gasteiger partial charge >= 0.3 is 0 Å². The van der Waals surface area contributed by atoms with Crippen LogP contribution in [0.25, 0.3) is 0 Å². The first kappa shape index (κ1) is 33.5. The standard InChI is InChI=1S/C28H42N2O10/c31-9-11-33-13-15-35-17-19-37-21-23-39-27-5-1-25(2-6-27)29-30-26-3-7-28(8-4-26)40-24-22-38-20-18-36-16-14-34-12-10-32/h1-8,31-32H,9-24H2. The Morgan fingerprint density at radius 3 is 0.950 bits per heavy atom. The highest BCUT2D eigenvalue weighted by Gasteiger charge is 1.99. The van der Waals surface area contributed by atoms with Gasteiger partial charge in [-0.2, -0.15) is 10.2 Å². The number of hydrogen-bond acceptors (Lipinski definition) is 12. The summed E-state index contributed by atoms with van der Waals surface area (Å²) in [5.41, 5.74) is 1.42. The topological polar surface area (TPSA) is 139 Å². The second-order valence-electron chi connectivity index (χ2n) is 8.01. The van der Waals surface area contributed by atoms with Crippen LogP contribution in [0.15, 0.2) is 58.8 Å². The molecule has 0 aliphatic rings. The lowest BCUT2D eigenvalue weighted by Gasteiger charge is -2.08. The molecule has 0 spiro atoms. The van der Waals surface area contributed by atoms with Crippen LogP contribution >= 0.6 is 0 Å². The summed E-state index contributed by atoms with van der Waals surface area (Å²) in [6, 6.07) is 14.7. The minimum absolute atomic E-state index is 0.0173. The minimum Gasteiger partial charge on any atom is -0.491 e. The molecular weight excluding hydrogens is 524 g/mol. The lowest BCUT2D eigenvalue weighted by Crippen LogP contribution is -2.13. The van der Waals surface area contributed by atoms with Crippen molar-refractivity contribution in [2.45, 2.75) is 0 Å². The SMILES string of the molecule is OCCOCCOCCOCCOc1ccc(N=Nc2ccc(OCCOCCOCCOCCO)cc2)cc1. The van der Waals surface area contributed by atoms with Gasteiger partial charge in [0, 0.05) is 0 Å². The van der Waals surface area contributed by atoms with Gasteiger partial charge in [0.15, 0.2) is 0 Å². The zero-order valence-corrected chi connectivity index (χ0v) is 23.0. The summed E-state index contributed by atoms with van der Waals surface area (Å²) in [6.07, 6.45) is 0. The van der Waals surface area contributed by atoms with Crippen LogP contribution in [-0.2, 0) is 28.4 Å². The van der Waals surface area contributed by atoms with Crippen molar-refractivity contribution >= 4 is 11.4 Å². The monoisotopic (exact) mass is 566 g/mol. The first-order chi connectivity index (χ1) is 19.8.